The molecule has 1 unspecified atom stereocenters. The van der Waals surface area contributed by atoms with Gasteiger partial charge in [0.15, 0.2) is 5.82 Å². The fraction of sp³-hybridized carbons (Fsp3) is 0.692. The molecule has 7 nitrogen and oxygen atoms in total. The number of nitrogens with two attached hydrogens (primary N) is 1. The minimum atomic E-state index is 0.137. The van der Waals surface area contributed by atoms with Crippen molar-refractivity contribution in [2.45, 2.75) is 52.6 Å². The van der Waals surface area contributed by atoms with Crippen molar-refractivity contribution in [2.24, 2.45) is 12.8 Å². The standard InChI is InChI=1S/C13H23N7/c1-5-11-10(7-9(3)14)12(6-2)20(16-11)8-13-15-18-19(4)17-13/h9H,5-8,14H2,1-4H3. The molecule has 20 heavy (non-hydrogen) atoms. The lowest BCUT2D eigenvalue weighted by molar-refractivity contribution is 0.601. The Balaban J connectivity index is 2.34. The van der Waals surface area contributed by atoms with Gasteiger partial charge in [0.2, 0.25) is 0 Å². The van der Waals surface area contributed by atoms with Crippen molar-refractivity contribution in [3.05, 3.63) is 22.8 Å². The van der Waals surface area contributed by atoms with Gasteiger partial charge in [0, 0.05) is 11.7 Å². The lowest BCUT2D eigenvalue weighted by atomic mass is 10.0. The first kappa shape index (κ1) is 14.6. The van der Waals surface area contributed by atoms with Crippen molar-refractivity contribution in [1.29, 1.82) is 0 Å². The lowest BCUT2D eigenvalue weighted by Gasteiger charge is -2.08. The Bertz CT molecular complexity index is 567. The fourth-order valence-electron chi connectivity index (χ4n) is 2.48. The van der Waals surface area contributed by atoms with Gasteiger partial charge in [0.1, 0.15) is 6.54 Å². The van der Waals surface area contributed by atoms with Gasteiger partial charge in [-0.05, 0) is 37.0 Å². The van der Waals surface area contributed by atoms with Crippen LogP contribution in [0.1, 0.15) is 43.5 Å². The van der Waals surface area contributed by atoms with Crippen molar-refractivity contribution >= 4 is 0 Å². The van der Waals surface area contributed by atoms with Crippen molar-refractivity contribution in [2.75, 3.05) is 0 Å². The third-order valence-corrected chi connectivity index (χ3v) is 3.29. The molecule has 110 valence electrons. The van der Waals surface area contributed by atoms with E-state index in [1.165, 1.54) is 16.1 Å². The Kier molecular flexibility index (Phi) is 4.49. The van der Waals surface area contributed by atoms with Gasteiger partial charge in [-0.2, -0.15) is 9.90 Å². The normalized spacial score (nSPS) is 12.8. The number of aromatic nitrogens is 6. The van der Waals surface area contributed by atoms with Crippen LogP contribution < -0.4 is 5.73 Å². The summed E-state index contributed by atoms with van der Waals surface area (Å²) in [5.41, 5.74) is 9.60. The van der Waals surface area contributed by atoms with Crippen LogP contribution in [-0.2, 0) is 32.9 Å². The highest BCUT2D eigenvalue weighted by molar-refractivity contribution is 5.28. The summed E-state index contributed by atoms with van der Waals surface area (Å²) in [4.78, 5) is 1.47. The van der Waals surface area contributed by atoms with Crippen LogP contribution in [0, 0.1) is 0 Å². The predicted molar refractivity (Wildman–Crippen MR) is 76.2 cm³/mol. The molecule has 0 bridgehead atoms. The molecule has 2 rings (SSSR count). The van der Waals surface area contributed by atoms with Crippen LogP contribution in [0.2, 0.25) is 0 Å². The molecule has 0 saturated heterocycles. The Morgan fingerprint density at radius 2 is 1.95 bits per heavy atom. The first-order valence-electron chi connectivity index (χ1n) is 7.11. The Hall–Kier alpha value is -1.76. The van der Waals surface area contributed by atoms with Crippen molar-refractivity contribution in [3.63, 3.8) is 0 Å². The molecule has 2 heterocycles. The first-order chi connectivity index (χ1) is 9.55. The molecule has 2 aromatic heterocycles. The van der Waals surface area contributed by atoms with E-state index in [4.69, 9.17) is 10.8 Å². The summed E-state index contributed by atoms with van der Waals surface area (Å²) >= 11 is 0. The Morgan fingerprint density at radius 3 is 2.45 bits per heavy atom. The first-order valence-corrected chi connectivity index (χ1v) is 7.11. The van der Waals surface area contributed by atoms with Crippen LogP contribution in [0.3, 0.4) is 0 Å². The fourth-order valence-corrected chi connectivity index (χ4v) is 2.48. The average molecular weight is 277 g/mol. The van der Waals surface area contributed by atoms with Crippen molar-refractivity contribution in [3.8, 4) is 0 Å². The Labute approximate surface area is 119 Å². The number of hydrogen-bond acceptors (Lipinski definition) is 5. The zero-order valence-electron chi connectivity index (χ0n) is 12.7. The van der Waals surface area contributed by atoms with E-state index in [-0.39, 0.29) is 6.04 Å². The quantitative estimate of drug-likeness (QED) is 0.829. The lowest BCUT2D eigenvalue weighted by Crippen LogP contribution is -2.19. The predicted octanol–water partition coefficient (Wildman–Crippen LogP) is 0.469. The molecule has 0 aliphatic rings. The summed E-state index contributed by atoms with van der Waals surface area (Å²) in [6.45, 7) is 6.85. The molecule has 0 saturated carbocycles. The van der Waals surface area contributed by atoms with E-state index in [0.717, 1.165) is 25.0 Å². The summed E-state index contributed by atoms with van der Waals surface area (Å²) < 4.78 is 1.99. The average Bonchev–Trinajstić information content (AvgIpc) is 2.93. The van der Waals surface area contributed by atoms with Gasteiger partial charge in [-0.1, -0.05) is 13.8 Å². The molecular formula is C13H23N7. The van der Waals surface area contributed by atoms with Gasteiger partial charge in [0.05, 0.1) is 12.7 Å². The third kappa shape index (κ3) is 3.04. The summed E-state index contributed by atoms with van der Waals surface area (Å²) in [7, 11) is 1.76. The van der Waals surface area contributed by atoms with E-state index < -0.39 is 0 Å². The van der Waals surface area contributed by atoms with E-state index in [0.29, 0.717) is 12.4 Å². The number of tetrazole rings is 1. The molecule has 1 atom stereocenters. The van der Waals surface area contributed by atoms with E-state index in [1.54, 1.807) is 7.05 Å². The van der Waals surface area contributed by atoms with Gasteiger partial charge >= 0.3 is 0 Å². The van der Waals surface area contributed by atoms with Crippen LogP contribution in [-0.4, -0.2) is 36.0 Å². The van der Waals surface area contributed by atoms with E-state index >= 15 is 0 Å². The molecule has 0 spiro atoms. The van der Waals surface area contributed by atoms with Gasteiger partial charge < -0.3 is 5.73 Å². The maximum absolute atomic E-state index is 5.96. The second-order valence-electron chi connectivity index (χ2n) is 5.11. The highest BCUT2D eigenvalue weighted by Gasteiger charge is 2.17. The zero-order chi connectivity index (χ0) is 14.7. The van der Waals surface area contributed by atoms with Gasteiger partial charge in [-0.15, -0.1) is 10.2 Å². The van der Waals surface area contributed by atoms with E-state index in [9.17, 15) is 0 Å². The molecule has 0 aromatic carbocycles. The topological polar surface area (TPSA) is 87.4 Å². The van der Waals surface area contributed by atoms with E-state index in [2.05, 4.69) is 29.3 Å². The summed E-state index contributed by atoms with van der Waals surface area (Å²) in [6.07, 6.45) is 2.70. The van der Waals surface area contributed by atoms with Crippen LogP contribution in [0.4, 0.5) is 0 Å². The van der Waals surface area contributed by atoms with Crippen LogP contribution in [0.5, 0.6) is 0 Å². The van der Waals surface area contributed by atoms with Crippen molar-refractivity contribution < 1.29 is 0 Å². The number of nitrogens with zero attached hydrogens (tertiary/aromatic N) is 6. The van der Waals surface area contributed by atoms with E-state index in [1.807, 2.05) is 11.6 Å². The van der Waals surface area contributed by atoms with Gasteiger partial charge in [-0.3, -0.25) is 4.68 Å². The van der Waals surface area contributed by atoms with Crippen LogP contribution >= 0.6 is 0 Å². The Morgan fingerprint density at radius 1 is 1.20 bits per heavy atom. The zero-order valence-corrected chi connectivity index (χ0v) is 12.7. The maximum Gasteiger partial charge on any atom is 0.196 e. The van der Waals surface area contributed by atoms with Gasteiger partial charge in [0.25, 0.3) is 0 Å². The molecule has 0 amide bonds. The summed E-state index contributed by atoms with van der Waals surface area (Å²) in [5.74, 6) is 0.680. The molecule has 2 aromatic rings. The molecule has 7 heteroatoms. The van der Waals surface area contributed by atoms with Crippen molar-refractivity contribution in [1.82, 2.24) is 30.0 Å². The molecule has 0 aliphatic heterocycles. The summed E-state index contributed by atoms with van der Waals surface area (Å²) in [5, 5.41) is 16.8. The maximum atomic E-state index is 5.96. The molecule has 0 aliphatic carbocycles. The summed E-state index contributed by atoms with van der Waals surface area (Å²) in [6, 6.07) is 0.137. The molecule has 0 radical (unpaired) electrons. The highest BCUT2D eigenvalue weighted by Crippen LogP contribution is 2.18. The molecule has 0 fully saturated rings. The number of hydrogen-bond donors (Lipinski definition) is 1. The SMILES string of the molecule is CCc1nn(Cc2nnn(C)n2)c(CC)c1CC(C)N. The highest BCUT2D eigenvalue weighted by atomic mass is 15.6. The third-order valence-electron chi connectivity index (χ3n) is 3.29. The van der Waals surface area contributed by atoms with Crippen LogP contribution in [0.25, 0.3) is 0 Å². The smallest absolute Gasteiger partial charge is 0.196 e. The van der Waals surface area contributed by atoms with Crippen LogP contribution in [0.15, 0.2) is 0 Å². The number of aryl methyl sites for hydroxylation is 2. The second kappa shape index (κ2) is 6.13. The molecular weight excluding hydrogens is 254 g/mol. The second-order valence-corrected chi connectivity index (χ2v) is 5.11. The monoisotopic (exact) mass is 277 g/mol. The minimum absolute atomic E-state index is 0.137. The number of rotatable bonds is 6. The largest absolute Gasteiger partial charge is 0.328 e. The van der Waals surface area contributed by atoms with Gasteiger partial charge in [-0.25, -0.2) is 0 Å². The minimum Gasteiger partial charge on any atom is -0.328 e. The molecule has 2 N–H and O–H groups in total.